The van der Waals surface area contributed by atoms with Crippen LogP contribution >= 0.6 is 0 Å². The standard InChI is InChI=1S/C16H22N2O2/c1-3-4-5-6-9-12-18-14-11-8-7-10-13(14)17(2)15(18)16(19)20/h7-8,10-11H,3-6,9,12H2,1-2H3. The van der Waals surface area contributed by atoms with E-state index in [9.17, 15) is 9.90 Å². The maximum atomic E-state index is 11.4. The van der Waals surface area contributed by atoms with E-state index < -0.39 is 5.97 Å². The lowest BCUT2D eigenvalue weighted by molar-refractivity contribution is -0.650. The highest BCUT2D eigenvalue weighted by Gasteiger charge is 2.22. The van der Waals surface area contributed by atoms with Gasteiger partial charge in [0.15, 0.2) is 17.0 Å². The topological polar surface area (TPSA) is 48.9 Å². The Balaban J connectivity index is 2.26. The molecule has 108 valence electrons. The monoisotopic (exact) mass is 274 g/mol. The second-order valence-electron chi connectivity index (χ2n) is 5.22. The van der Waals surface area contributed by atoms with Crippen LogP contribution in [0.5, 0.6) is 0 Å². The van der Waals surface area contributed by atoms with E-state index in [0.717, 1.165) is 30.4 Å². The zero-order valence-electron chi connectivity index (χ0n) is 12.3. The van der Waals surface area contributed by atoms with E-state index in [-0.39, 0.29) is 5.82 Å². The molecule has 1 heterocycles. The minimum Gasteiger partial charge on any atom is -0.538 e. The maximum absolute atomic E-state index is 11.4. The summed E-state index contributed by atoms with van der Waals surface area (Å²) < 4.78 is 3.58. The SMILES string of the molecule is CCCCCCCn1c(C(=O)[O-])[n+](C)c2ccccc21. The van der Waals surface area contributed by atoms with Crippen molar-refractivity contribution in [2.75, 3.05) is 0 Å². The zero-order valence-corrected chi connectivity index (χ0v) is 12.3. The molecule has 0 unspecified atom stereocenters. The molecule has 0 spiro atoms. The van der Waals surface area contributed by atoms with E-state index in [1.807, 2.05) is 28.8 Å². The van der Waals surface area contributed by atoms with Gasteiger partial charge < -0.3 is 9.90 Å². The number of aromatic nitrogens is 2. The van der Waals surface area contributed by atoms with E-state index in [1.165, 1.54) is 19.3 Å². The van der Waals surface area contributed by atoms with E-state index in [2.05, 4.69) is 6.92 Å². The van der Waals surface area contributed by atoms with Crippen LogP contribution in [-0.2, 0) is 13.6 Å². The van der Waals surface area contributed by atoms with Crippen molar-refractivity contribution >= 4 is 17.0 Å². The van der Waals surface area contributed by atoms with Crippen molar-refractivity contribution in [1.82, 2.24) is 4.57 Å². The van der Waals surface area contributed by atoms with Crippen LogP contribution in [0.15, 0.2) is 24.3 Å². The number of fused-ring (bicyclic) bond motifs is 1. The number of rotatable bonds is 7. The van der Waals surface area contributed by atoms with Crippen LogP contribution < -0.4 is 9.67 Å². The lowest BCUT2D eigenvalue weighted by Crippen LogP contribution is -2.42. The number of carbonyl (C=O) groups excluding carboxylic acids is 1. The molecule has 0 aliphatic carbocycles. The maximum Gasteiger partial charge on any atom is 0.305 e. The first-order chi connectivity index (χ1) is 9.66. The molecule has 0 amide bonds. The molecule has 0 fully saturated rings. The number of carboxylic acid groups (broad SMARTS) is 1. The van der Waals surface area contributed by atoms with Crippen molar-refractivity contribution in [1.29, 1.82) is 0 Å². The molecule has 0 bridgehead atoms. The van der Waals surface area contributed by atoms with Gasteiger partial charge in [0.05, 0.1) is 13.6 Å². The van der Waals surface area contributed by atoms with Gasteiger partial charge in [-0.15, -0.1) is 0 Å². The van der Waals surface area contributed by atoms with Gasteiger partial charge in [-0.05, 0) is 25.0 Å². The van der Waals surface area contributed by atoms with Gasteiger partial charge >= 0.3 is 5.82 Å². The number of hydrogen-bond acceptors (Lipinski definition) is 2. The number of unbranched alkanes of at least 4 members (excludes halogenated alkanes) is 4. The Morgan fingerprint density at radius 2 is 1.90 bits per heavy atom. The second kappa shape index (κ2) is 6.55. The predicted octanol–water partition coefficient (Wildman–Crippen LogP) is 1.80. The summed E-state index contributed by atoms with van der Waals surface area (Å²) in [6.07, 6.45) is 5.80. The second-order valence-corrected chi connectivity index (χ2v) is 5.22. The third kappa shape index (κ3) is 2.84. The fraction of sp³-hybridized carbons (Fsp3) is 0.500. The van der Waals surface area contributed by atoms with Crippen LogP contribution in [0.4, 0.5) is 0 Å². The molecule has 0 aliphatic heterocycles. The zero-order chi connectivity index (χ0) is 14.5. The van der Waals surface area contributed by atoms with Gasteiger partial charge in [0.25, 0.3) is 0 Å². The normalized spacial score (nSPS) is 11.1. The summed E-state index contributed by atoms with van der Waals surface area (Å²) in [4.78, 5) is 11.4. The number of para-hydroxylation sites is 2. The summed E-state index contributed by atoms with van der Waals surface area (Å²) in [6.45, 7) is 2.92. The Morgan fingerprint density at radius 3 is 2.60 bits per heavy atom. The summed E-state index contributed by atoms with van der Waals surface area (Å²) in [5.41, 5.74) is 1.89. The summed E-state index contributed by atoms with van der Waals surface area (Å²) in [6, 6.07) is 7.77. The number of aromatic carboxylic acids is 1. The minimum atomic E-state index is -1.11. The fourth-order valence-electron chi connectivity index (χ4n) is 2.73. The molecule has 1 aromatic carbocycles. The lowest BCUT2D eigenvalue weighted by Gasteiger charge is -2.04. The molecular weight excluding hydrogens is 252 g/mol. The average molecular weight is 274 g/mol. The van der Waals surface area contributed by atoms with Gasteiger partial charge in [0, 0.05) is 0 Å². The molecule has 20 heavy (non-hydrogen) atoms. The molecule has 0 aliphatic rings. The molecule has 0 saturated heterocycles. The Hall–Kier alpha value is -1.84. The number of benzene rings is 1. The first-order valence-electron chi connectivity index (χ1n) is 7.35. The van der Waals surface area contributed by atoms with Gasteiger partial charge in [-0.25, -0.2) is 9.13 Å². The highest BCUT2D eigenvalue weighted by atomic mass is 16.4. The molecule has 0 saturated carbocycles. The molecule has 4 heteroatoms. The van der Waals surface area contributed by atoms with Crippen LogP contribution in [0.1, 0.15) is 49.6 Å². The highest BCUT2D eigenvalue weighted by molar-refractivity contribution is 5.85. The quantitative estimate of drug-likeness (QED) is 0.571. The van der Waals surface area contributed by atoms with Crippen molar-refractivity contribution in [2.45, 2.75) is 45.6 Å². The third-order valence-corrected chi connectivity index (χ3v) is 3.78. The van der Waals surface area contributed by atoms with E-state index >= 15 is 0 Å². The number of nitrogens with zero attached hydrogens (tertiary/aromatic N) is 2. The molecule has 0 radical (unpaired) electrons. The predicted molar refractivity (Wildman–Crippen MR) is 76.2 cm³/mol. The Kier molecular flexibility index (Phi) is 4.77. The fourth-order valence-corrected chi connectivity index (χ4v) is 2.73. The first kappa shape index (κ1) is 14.6. The highest BCUT2D eigenvalue weighted by Crippen LogP contribution is 2.15. The third-order valence-electron chi connectivity index (χ3n) is 3.78. The van der Waals surface area contributed by atoms with Gasteiger partial charge in [0.1, 0.15) is 0 Å². The molecule has 2 aromatic rings. The van der Waals surface area contributed by atoms with Gasteiger partial charge in [-0.1, -0.05) is 38.3 Å². The molecule has 0 atom stereocenters. The van der Waals surface area contributed by atoms with Crippen molar-refractivity contribution in [3.05, 3.63) is 30.1 Å². The number of carboxylic acids is 1. The molecule has 2 rings (SSSR count). The number of hydrogen-bond donors (Lipinski definition) is 0. The van der Waals surface area contributed by atoms with Crippen LogP contribution in [0.3, 0.4) is 0 Å². The van der Waals surface area contributed by atoms with Crippen LogP contribution in [0.25, 0.3) is 11.0 Å². The van der Waals surface area contributed by atoms with Crippen LogP contribution in [0.2, 0.25) is 0 Å². The Bertz CT molecular complexity index is 602. The average Bonchev–Trinajstić information content (AvgIpc) is 2.72. The molecule has 4 nitrogen and oxygen atoms in total. The van der Waals surface area contributed by atoms with Gasteiger partial charge in [-0.2, -0.15) is 0 Å². The van der Waals surface area contributed by atoms with E-state index in [0.29, 0.717) is 0 Å². The van der Waals surface area contributed by atoms with E-state index in [1.54, 1.807) is 11.6 Å². The molecule has 0 N–H and O–H groups in total. The first-order valence-corrected chi connectivity index (χ1v) is 7.35. The number of carbonyl (C=O) groups is 1. The molecule has 1 aromatic heterocycles. The summed E-state index contributed by atoms with van der Waals surface area (Å²) in [7, 11) is 1.78. The number of aryl methyl sites for hydroxylation is 2. The smallest absolute Gasteiger partial charge is 0.305 e. The number of imidazole rings is 1. The largest absolute Gasteiger partial charge is 0.538 e. The summed E-state index contributed by atoms with van der Waals surface area (Å²) in [5, 5.41) is 11.4. The van der Waals surface area contributed by atoms with Crippen LogP contribution in [0, 0.1) is 0 Å². The van der Waals surface area contributed by atoms with Crippen LogP contribution in [-0.4, -0.2) is 10.5 Å². The summed E-state index contributed by atoms with van der Waals surface area (Å²) in [5.74, 6) is -0.862. The van der Waals surface area contributed by atoms with E-state index in [4.69, 9.17) is 0 Å². The Labute approximate surface area is 119 Å². The van der Waals surface area contributed by atoms with Crippen molar-refractivity contribution in [3.8, 4) is 0 Å². The van der Waals surface area contributed by atoms with Gasteiger partial charge in [0.2, 0.25) is 0 Å². The Morgan fingerprint density at radius 1 is 1.20 bits per heavy atom. The van der Waals surface area contributed by atoms with Crippen molar-refractivity contribution < 1.29 is 14.5 Å². The summed E-state index contributed by atoms with van der Waals surface area (Å²) >= 11 is 0. The lowest BCUT2D eigenvalue weighted by atomic mass is 10.1. The van der Waals surface area contributed by atoms with Crippen molar-refractivity contribution in [2.24, 2.45) is 7.05 Å². The minimum absolute atomic E-state index is 0.252. The van der Waals surface area contributed by atoms with Crippen molar-refractivity contribution in [3.63, 3.8) is 0 Å². The van der Waals surface area contributed by atoms with Gasteiger partial charge in [-0.3, -0.25) is 0 Å². The molecular formula is C16H22N2O2.